The van der Waals surface area contributed by atoms with Gasteiger partial charge in [0.05, 0.1) is 6.61 Å². The quantitative estimate of drug-likeness (QED) is 0.624. The molecule has 0 spiro atoms. The number of ether oxygens (including phenoxy) is 2. The second kappa shape index (κ2) is 8.84. The Labute approximate surface area is 169 Å². The van der Waals surface area contributed by atoms with E-state index in [1.807, 2.05) is 30.3 Å². The maximum atomic E-state index is 13.0. The number of nitrogens with zero attached hydrogens (tertiary/aromatic N) is 1. The lowest BCUT2D eigenvalue weighted by Gasteiger charge is -2.25. The van der Waals surface area contributed by atoms with Crippen molar-refractivity contribution in [1.82, 2.24) is 4.98 Å². The second-order valence-corrected chi connectivity index (χ2v) is 7.08. The number of nitrogens with one attached hydrogen (secondary N) is 1. The van der Waals surface area contributed by atoms with Crippen molar-refractivity contribution in [3.63, 3.8) is 0 Å². The number of methoxy groups -OCH3 is 1. The Balaban J connectivity index is 1.65. The molecular formula is C23H23FN2O3. The minimum absolute atomic E-state index is 0.356. The van der Waals surface area contributed by atoms with Gasteiger partial charge in [0.15, 0.2) is 5.60 Å². The van der Waals surface area contributed by atoms with Crippen molar-refractivity contribution in [2.24, 2.45) is 0 Å². The lowest BCUT2D eigenvalue weighted by atomic mass is 10.1. The smallest absolute Gasteiger partial charge is 0.269 e. The van der Waals surface area contributed by atoms with E-state index in [1.165, 1.54) is 24.3 Å². The van der Waals surface area contributed by atoms with Crippen LogP contribution < -0.4 is 10.1 Å². The molecule has 29 heavy (non-hydrogen) atoms. The fourth-order valence-electron chi connectivity index (χ4n) is 2.71. The molecule has 1 heterocycles. The highest BCUT2D eigenvalue weighted by molar-refractivity contribution is 5.96. The van der Waals surface area contributed by atoms with Crippen molar-refractivity contribution in [2.75, 3.05) is 12.4 Å². The molecule has 0 aliphatic heterocycles. The fourth-order valence-corrected chi connectivity index (χ4v) is 2.71. The van der Waals surface area contributed by atoms with E-state index in [1.54, 1.807) is 33.2 Å². The largest absolute Gasteiger partial charge is 0.478 e. The molecular weight excluding hydrogens is 371 g/mol. The van der Waals surface area contributed by atoms with Crippen LogP contribution in [0.3, 0.4) is 0 Å². The lowest BCUT2D eigenvalue weighted by molar-refractivity contribution is -0.128. The van der Waals surface area contributed by atoms with Crippen LogP contribution in [0.2, 0.25) is 0 Å². The van der Waals surface area contributed by atoms with Crippen LogP contribution in [0.1, 0.15) is 19.4 Å². The van der Waals surface area contributed by atoms with E-state index in [-0.39, 0.29) is 11.7 Å². The minimum Gasteiger partial charge on any atom is -0.478 e. The molecule has 3 aromatic rings. The Bertz CT molecular complexity index is 953. The van der Waals surface area contributed by atoms with Crippen molar-refractivity contribution < 1.29 is 18.7 Å². The van der Waals surface area contributed by atoms with Gasteiger partial charge in [-0.3, -0.25) is 4.79 Å². The average Bonchev–Trinajstić information content (AvgIpc) is 2.71. The number of hydrogen-bond acceptors (Lipinski definition) is 4. The van der Waals surface area contributed by atoms with Gasteiger partial charge in [-0.15, -0.1) is 0 Å². The summed E-state index contributed by atoms with van der Waals surface area (Å²) in [7, 11) is 1.66. The lowest BCUT2D eigenvalue weighted by Crippen LogP contribution is -2.42. The van der Waals surface area contributed by atoms with Gasteiger partial charge in [-0.1, -0.05) is 24.3 Å². The molecule has 0 atom stereocenters. The standard InChI is InChI=1S/C23H23FN2O3/c1-23(2,29-20-11-9-19(24)10-12-20)22(27)26-21-13-8-18(14-25-21)17-6-4-16(5-7-17)15-28-3/h4-14H,15H2,1-3H3,(H,25,26,27). The van der Waals surface area contributed by atoms with Gasteiger partial charge in [-0.2, -0.15) is 0 Å². The first-order valence-corrected chi connectivity index (χ1v) is 9.18. The third-order valence-electron chi connectivity index (χ3n) is 4.34. The molecule has 0 saturated carbocycles. The highest BCUT2D eigenvalue weighted by Gasteiger charge is 2.30. The second-order valence-electron chi connectivity index (χ2n) is 7.08. The van der Waals surface area contributed by atoms with Crippen LogP contribution in [0.25, 0.3) is 11.1 Å². The molecule has 0 unspecified atom stereocenters. The molecule has 5 nitrogen and oxygen atoms in total. The zero-order chi connectivity index (χ0) is 20.9. The number of halogens is 1. The van der Waals surface area contributed by atoms with Crippen LogP contribution in [-0.4, -0.2) is 23.6 Å². The molecule has 3 rings (SSSR count). The number of carbonyl (C=O) groups excluding carboxylic acids is 1. The predicted molar refractivity (Wildman–Crippen MR) is 110 cm³/mol. The number of benzene rings is 2. The van der Waals surface area contributed by atoms with Gasteiger partial charge in [0.1, 0.15) is 17.4 Å². The topological polar surface area (TPSA) is 60.5 Å². The third kappa shape index (κ3) is 5.39. The molecule has 1 aromatic heterocycles. The van der Waals surface area contributed by atoms with E-state index in [9.17, 15) is 9.18 Å². The van der Waals surface area contributed by atoms with Crippen molar-refractivity contribution in [3.8, 4) is 16.9 Å². The highest BCUT2D eigenvalue weighted by Crippen LogP contribution is 2.22. The molecule has 0 fully saturated rings. The van der Waals surface area contributed by atoms with Crippen molar-refractivity contribution >= 4 is 11.7 Å². The predicted octanol–water partition coefficient (Wildman–Crippen LogP) is 4.83. The van der Waals surface area contributed by atoms with E-state index in [0.29, 0.717) is 18.2 Å². The maximum Gasteiger partial charge on any atom is 0.269 e. The van der Waals surface area contributed by atoms with E-state index >= 15 is 0 Å². The first kappa shape index (κ1) is 20.5. The Kier molecular flexibility index (Phi) is 6.24. The van der Waals surface area contributed by atoms with Crippen molar-refractivity contribution in [1.29, 1.82) is 0 Å². The summed E-state index contributed by atoms with van der Waals surface area (Å²) in [5, 5.41) is 2.75. The first-order valence-electron chi connectivity index (χ1n) is 9.18. The summed E-state index contributed by atoms with van der Waals surface area (Å²) in [6, 6.07) is 17.2. The monoisotopic (exact) mass is 394 g/mol. The molecule has 0 saturated heterocycles. The highest BCUT2D eigenvalue weighted by atomic mass is 19.1. The van der Waals surface area contributed by atoms with Crippen molar-refractivity contribution in [2.45, 2.75) is 26.1 Å². The number of hydrogen-bond donors (Lipinski definition) is 1. The van der Waals surface area contributed by atoms with E-state index in [2.05, 4.69) is 10.3 Å². The summed E-state index contributed by atoms with van der Waals surface area (Å²) < 4.78 is 23.8. The SMILES string of the molecule is COCc1ccc(-c2ccc(NC(=O)C(C)(C)Oc3ccc(F)cc3)nc2)cc1. The normalized spacial score (nSPS) is 11.2. The van der Waals surface area contributed by atoms with E-state index in [4.69, 9.17) is 9.47 Å². The summed E-state index contributed by atoms with van der Waals surface area (Å²) in [5.41, 5.74) is 1.90. The van der Waals surface area contributed by atoms with Crippen LogP contribution >= 0.6 is 0 Å². The maximum absolute atomic E-state index is 13.0. The van der Waals surface area contributed by atoms with Crippen LogP contribution in [0.15, 0.2) is 66.9 Å². The fraction of sp³-hybridized carbons (Fsp3) is 0.217. The van der Waals surface area contributed by atoms with Gasteiger partial charge in [0, 0.05) is 18.9 Å². The Morgan fingerprint density at radius 3 is 2.24 bits per heavy atom. The van der Waals surface area contributed by atoms with Gasteiger partial charge in [-0.05, 0) is 61.4 Å². The van der Waals surface area contributed by atoms with Gasteiger partial charge >= 0.3 is 0 Å². The number of anilines is 1. The molecule has 0 radical (unpaired) electrons. The average molecular weight is 394 g/mol. The first-order chi connectivity index (χ1) is 13.9. The molecule has 6 heteroatoms. The molecule has 2 aromatic carbocycles. The van der Waals surface area contributed by atoms with Crippen molar-refractivity contribution in [3.05, 3.63) is 78.2 Å². The Morgan fingerprint density at radius 1 is 1.00 bits per heavy atom. The van der Waals surface area contributed by atoms with Gasteiger partial charge in [0.2, 0.25) is 0 Å². The van der Waals surface area contributed by atoms with Crippen LogP contribution in [-0.2, 0) is 16.1 Å². The Hall–Kier alpha value is -3.25. The molecule has 0 aliphatic carbocycles. The summed E-state index contributed by atoms with van der Waals surface area (Å²) >= 11 is 0. The summed E-state index contributed by atoms with van der Waals surface area (Å²) in [5.74, 6) is 0.112. The molecule has 0 bridgehead atoms. The summed E-state index contributed by atoms with van der Waals surface area (Å²) in [6.45, 7) is 3.85. The Morgan fingerprint density at radius 2 is 1.66 bits per heavy atom. The number of aromatic nitrogens is 1. The van der Waals surface area contributed by atoms with Crippen LogP contribution in [0.4, 0.5) is 10.2 Å². The van der Waals surface area contributed by atoms with E-state index < -0.39 is 5.60 Å². The van der Waals surface area contributed by atoms with Gasteiger partial charge in [0.25, 0.3) is 5.91 Å². The van der Waals surface area contributed by atoms with Crippen LogP contribution in [0.5, 0.6) is 5.75 Å². The van der Waals surface area contributed by atoms with E-state index in [0.717, 1.165) is 16.7 Å². The molecule has 1 amide bonds. The zero-order valence-corrected chi connectivity index (χ0v) is 16.6. The minimum atomic E-state index is -1.16. The molecule has 0 aliphatic rings. The molecule has 150 valence electrons. The van der Waals surface area contributed by atoms with Gasteiger partial charge in [-0.25, -0.2) is 9.37 Å². The number of carbonyl (C=O) groups is 1. The summed E-state index contributed by atoms with van der Waals surface area (Å²) in [6.07, 6.45) is 1.70. The zero-order valence-electron chi connectivity index (χ0n) is 16.6. The molecule has 1 N–H and O–H groups in total. The van der Waals surface area contributed by atoms with Crippen LogP contribution in [0, 0.1) is 5.82 Å². The number of rotatable bonds is 7. The van der Waals surface area contributed by atoms with Gasteiger partial charge < -0.3 is 14.8 Å². The number of pyridine rings is 1. The summed E-state index contributed by atoms with van der Waals surface area (Å²) in [4.78, 5) is 16.9. The third-order valence-corrected chi connectivity index (χ3v) is 4.34. The number of amides is 1.